The quantitative estimate of drug-likeness (QED) is 0.810. The number of piperidine rings is 2. The first-order valence-corrected chi connectivity index (χ1v) is 7.37. The predicted molar refractivity (Wildman–Crippen MR) is 73.3 cm³/mol. The van der Waals surface area contributed by atoms with E-state index < -0.39 is 0 Å². The summed E-state index contributed by atoms with van der Waals surface area (Å²) < 4.78 is 0. The number of rotatable bonds is 4. The summed E-state index contributed by atoms with van der Waals surface area (Å²) in [7, 11) is 1.87. The van der Waals surface area contributed by atoms with Gasteiger partial charge in [0.25, 0.3) is 0 Å². The number of nitrogens with one attached hydrogen (secondary N) is 1. The molecule has 0 spiro atoms. The molecule has 2 saturated heterocycles. The zero-order valence-electron chi connectivity index (χ0n) is 11.6. The molecule has 2 aliphatic rings. The predicted octanol–water partition coefficient (Wildman–Crippen LogP) is 1.05. The van der Waals surface area contributed by atoms with Crippen molar-refractivity contribution in [3.05, 3.63) is 0 Å². The second-order valence-electron chi connectivity index (χ2n) is 5.60. The molecule has 1 atom stereocenters. The number of likely N-dealkylation sites (tertiary alicyclic amines) is 2. The van der Waals surface area contributed by atoms with Crippen LogP contribution in [-0.4, -0.2) is 61.7 Å². The lowest BCUT2D eigenvalue weighted by Crippen LogP contribution is -2.49. The first kappa shape index (κ1) is 13.8. The number of hydrogen-bond donors (Lipinski definition) is 1. The lowest BCUT2D eigenvalue weighted by molar-refractivity contribution is 0.0909. The van der Waals surface area contributed by atoms with Crippen LogP contribution in [0, 0.1) is 11.3 Å². The maximum Gasteiger partial charge on any atom is 0.108 e. The SMILES string of the molecule is CNC(C#N)CN1CCC(N2CCCCC2)CC1. The Labute approximate surface area is 111 Å². The van der Waals surface area contributed by atoms with Gasteiger partial charge in [-0.15, -0.1) is 0 Å². The van der Waals surface area contributed by atoms with Gasteiger partial charge in [-0.25, -0.2) is 0 Å². The Morgan fingerprint density at radius 1 is 1.17 bits per heavy atom. The van der Waals surface area contributed by atoms with E-state index in [1.54, 1.807) is 0 Å². The first-order valence-electron chi connectivity index (χ1n) is 7.37. The Hall–Kier alpha value is -0.630. The Morgan fingerprint density at radius 2 is 1.83 bits per heavy atom. The van der Waals surface area contributed by atoms with Gasteiger partial charge in [-0.3, -0.25) is 0 Å². The van der Waals surface area contributed by atoms with Crippen molar-refractivity contribution in [2.75, 3.05) is 39.8 Å². The van der Waals surface area contributed by atoms with E-state index in [1.165, 1.54) is 45.2 Å². The molecule has 0 aromatic rings. The summed E-state index contributed by atoms with van der Waals surface area (Å²) in [6.07, 6.45) is 6.75. The molecule has 0 aliphatic carbocycles. The highest BCUT2D eigenvalue weighted by molar-refractivity contribution is 4.92. The van der Waals surface area contributed by atoms with E-state index in [1.807, 2.05) is 7.05 Å². The summed E-state index contributed by atoms with van der Waals surface area (Å²) in [6.45, 7) is 5.80. The van der Waals surface area contributed by atoms with Crippen molar-refractivity contribution < 1.29 is 0 Å². The number of likely N-dealkylation sites (N-methyl/N-ethyl adjacent to an activating group) is 1. The van der Waals surface area contributed by atoms with Crippen LogP contribution in [0.4, 0.5) is 0 Å². The lowest BCUT2D eigenvalue weighted by atomic mass is 9.99. The van der Waals surface area contributed by atoms with Crippen LogP contribution in [0.5, 0.6) is 0 Å². The molecular formula is C14H26N4. The summed E-state index contributed by atoms with van der Waals surface area (Å²) in [5, 5.41) is 12.0. The van der Waals surface area contributed by atoms with Gasteiger partial charge in [0, 0.05) is 12.6 Å². The van der Waals surface area contributed by atoms with Crippen LogP contribution >= 0.6 is 0 Å². The van der Waals surface area contributed by atoms with E-state index in [0.717, 1.165) is 25.7 Å². The second-order valence-corrected chi connectivity index (χ2v) is 5.60. The number of hydrogen-bond acceptors (Lipinski definition) is 4. The molecule has 0 radical (unpaired) electrons. The minimum Gasteiger partial charge on any atom is -0.304 e. The maximum atomic E-state index is 8.97. The van der Waals surface area contributed by atoms with Crippen molar-refractivity contribution in [2.45, 2.75) is 44.2 Å². The standard InChI is InChI=1S/C14H26N4/c1-16-13(11-15)12-17-9-5-14(6-10-17)18-7-3-2-4-8-18/h13-14,16H,2-10,12H2,1H3. The van der Waals surface area contributed by atoms with Crippen LogP contribution < -0.4 is 5.32 Å². The van der Waals surface area contributed by atoms with Crippen molar-refractivity contribution in [3.8, 4) is 6.07 Å². The zero-order valence-corrected chi connectivity index (χ0v) is 11.6. The van der Waals surface area contributed by atoms with Crippen molar-refractivity contribution in [2.24, 2.45) is 0 Å². The second kappa shape index (κ2) is 7.08. The Morgan fingerprint density at radius 3 is 2.39 bits per heavy atom. The largest absolute Gasteiger partial charge is 0.304 e. The molecule has 4 nitrogen and oxygen atoms in total. The molecule has 4 heteroatoms. The van der Waals surface area contributed by atoms with Gasteiger partial charge in [-0.1, -0.05) is 6.42 Å². The third kappa shape index (κ3) is 3.68. The number of nitriles is 1. The van der Waals surface area contributed by atoms with E-state index in [9.17, 15) is 0 Å². The Kier molecular flexibility index (Phi) is 5.43. The fourth-order valence-electron chi connectivity index (χ4n) is 3.21. The maximum absolute atomic E-state index is 8.97. The summed E-state index contributed by atoms with van der Waals surface area (Å²) in [6, 6.07) is 3.10. The summed E-state index contributed by atoms with van der Waals surface area (Å²) >= 11 is 0. The lowest BCUT2D eigenvalue weighted by Gasteiger charge is -2.40. The molecule has 0 aromatic heterocycles. The molecule has 18 heavy (non-hydrogen) atoms. The van der Waals surface area contributed by atoms with E-state index in [0.29, 0.717) is 0 Å². The minimum absolute atomic E-state index is 0.0171. The highest BCUT2D eigenvalue weighted by Crippen LogP contribution is 2.20. The molecule has 0 bridgehead atoms. The van der Waals surface area contributed by atoms with Gasteiger partial charge in [0.2, 0.25) is 0 Å². The van der Waals surface area contributed by atoms with Gasteiger partial charge in [0.15, 0.2) is 0 Å². The Balaban J connectivity index is 1.72. The van der Waals surface area contributed by atoms with Crippen molar-refractivity contribution in [3.63, 3.8) is 0 Å². The fraction of sp³-hybridized carbons (Fsp3) is 0.929. The normalized spacial score (nSPS) is 25.8. The molecule has 1 unspecified atom stereocenters. The van der Waals surface area contributed by atoms with Crippen LogP contribution in [-0.2, 0) is 0 Å². The Bertz CT molecular complexity index is 272. The van der Waals surface area contributed by atoms with E-state index in [2.05, 4.69) is 21.2 Å². The van der Waals surface area contributed by atoms with Crippen LogP contribution in [0.15, 0.2) is 0 Å². The third-order valence-electron chi connectivity index (χ3n) is 4.41. The van der Waals surface area contributed by atoms with Gasteiger partial charge in [-0.05, 0) is 58.9 Å². The molecular weight excluding hydrogens is 224 g/mol. The van der Waals surface area contributed by atoms with Crippen LogP contribution in [0.25, 0.3) is 0 Å². The molecule has 2 rings (SSSR count). The summed E-state index contributed by atoms with van der Waals surface area (Å²) in [5.74, 6) is 0. The van der Waals surface area contributed by atoms with Crippen LogP contribution in [0.2, 0.25) is 0 Å². The first-order chi connectivity index (χ1) is 8.83. The van der Waals surface area contributed by atoms with Gasteiger partial charge in [0.05, 0.1) is 6.07 Å². The topological polar surface area (TPSA) is 42.3 Å². The van der Waals surface area contributed by atoms with E-state index in [4.69, 9.17) is 5.26 Å². The summed E-state index contributed by atoms with van der Waals surface area (Å²) in [4.78, 5) is 5.13. The third-order valence-corrected chi connectivity index (χ3v) is 4.41. The van der Waals surface area contributed by atoms with Crippen molar-refractivity contribution in [1.29, 1.82) is 5.26 Å². The van der Waals surface area contributed by atoms with Crippen molar-refractivity contribution in [1.82, 2.24) is 15.1 Å². The van der Waals surface area contributed by atoms with Gasteiger partial charge >= 0.3 is 0 Å². The van der Waals surface area contributed by atoms with E-state index >= 15 is 0 Å². The molecule has 1 N–H and O–H groups in total. The van der Waals surface area contributed by atoms with E-state index in [-0.39, 0.29) is 6.04 Å². The van der Waals surface area contributed by atoms with Crippen molar-refractivity contribution >= 4 is 0 Å². The fourth-order valence-corrected chi connectivity index (χ4v) is 3.21. The zero-order chi connectivity index (χ0) is 12.8. The molecule has 0 aromatic carbocycles. The van der Waals surface area contributed by atoms with Gasteiger partial charge < -0.3 is 15.1 Å². The minimum atomic E-state index is -0.0171. The summed E-state index contributed by atoms with van der Waals surface area (Å²) in [5.41, 5.74) is 0. The smallest absolute Gasteiger partial charge is 0.108 e. The molecule has 2 fully saturated rings. The molecule has 2 aliphatic heterocycles. The average Bonchev–Trinajstić information content (AvgIpc) is 2.46. The average molecular weight is 250 g/mol. The monoisotopic (exact) mass is 250 g/mol. The molecule has 102 valence electrons. The van der Waals surface area contributed by atoms with Gasteiger partial charge in [-0.2, -0.15) is 5.26 Å². The highest BCUT2D eigenvalue weighted by atomic mass is 15.2. The van der Waals surface area contributed by atoms with Gasteiger partial charge in [0.1, 0.15) is 6.04 Å². The van der Waals surface area contributed by atoms with Crippen LogP contribution in [0.3, 0.4) is 0 Å². The van der Waals surface area contributed by atoms with Crippen LogP contribution in [0.1, 0.15) is 32.1 Å². The highest BCUT2D eigenvalue weighted by Gasteiger charge is 2.26. The number of nitrogens with zero attached hydrogens (tertiary/aromatic N) is 3. The molecule has 0 amide bonds. The molecule has 0 saturated carbocycles. The molecule has 2 heterocycles.